The van der Waals surface area contributed by atoms with Gasteiger partial charge < -0.3 is 24.8 Å². The highest BCUT2D eigenvalue weighted by Crippen LogP contribution is 2.18. The lowest BCUT2D eigenvalue weighted by Gasteiger charge is -2.21. The molecule has 1 rings (SSSR count). The molecule has 178 valence electrons. The summed E-state index contributed by atoms with van der Waals surface area (Å²) >= 11 is 5.21. The van der Waals surface area contributed by atoms with Gasteiger partial charge in [-0.05, 0) is 18.6 Å². The Morgan fingerprint density at radius 3 is 1.77 bits per heavy atom. The Morgan fingerprint density at radius 1 is 0.867 bits per heavy atom. The van der Waals surface area contributed by atoms with Crippen molar-refractivity contribution in [2.75, 3.05) is 13.2 Å². The fourth-order valence-corrected chi connectivity index (χ4v) is 4.16. The molecule has 6 heteroatoms. The smallest absolute Gasteiger partial charge is 0.159 e. The van der Waals surface area contributed by atoms with Crippen LogP contribution in [0.1, 0.15) is 110 Å². The molecule has 3 N–H and O–H groups in total. The molecule has 0 radical (unpaired) electrons. The Balaban J connectivity index is 1.83. The Labute approximate surface area is 189 Å². The number of ether oxygens (including phenoxy) is 2. The predicted octanol–water partition coefficient (Wildman–Crippen LogP) is 5.07. The van der Waals surface area contributed by atoms with Gasteiger partial charge in [-0.2, -0.15) is 0 Å². The van der Waals surface area contributed by atoms with E-state index in [0.29, 0.717) is 5.05 Å². The molecule has 0 aromatic carbocycles. The molecule has 1 saturated heterocycles. The third kappa shape index (κ3) is 13.2. The number of rotatable bonds is 19. The normalized spacial score (nSPS) is 22.3. The van der Waals surface area contributed by atoms with Gasteiger partial charge in [-0.25, -0.2) is 0 Å². The third-order valence-corrected chi connectivity index (χ3v) is 6.29. The van der Waals surface area contributed by atoms with Crippen LogP contribution in [0.2, 0.25) is 0 Å². The topological polar surface area (TPSA) is 79.2 Å². The minimum absolute atomic E-state index is 0.00792. The second-order valence-corrected chi connectivity index (χ2v) is 9.26. The molecule has 0 bridgehead atoms. The molecule has 0 aliphatic carbocycles. The molecule has 0 spiro atoms. The second kappa shape index (κ2) is 18.3. The van der Waals surface area contributed by atoms with E-state index in [1.165, 1.54) is 83.5 Å². The van der Waals surface area contributed by atoms with E-state index < -0.39 is 24.4 Å². The molecule has 4 atom stereocenters. The number of aliphatic hydroxyl groups excluding tert-OH is 3. The fourth-order valence-electron chi connectivity index (χ4n) is 3.95. The standard InChI is InChI=1S/C24H46O5S/c1-2-3-4-5-6-7-8-9-10-11-12-13-14-15-16-17-22(30)28-19-21(26)24-23(27)20(25)18-29-24/h20-21,23-27H,2-19H2,1H3/t20-,21+,23+,24+/m1/s1. The van der Waals surface area contributed by atoms with Crippen LogP contribution < -0.4 is 0 Å². The maximum absolute atomic E-state index is 10.0. The quantitative estimate of drug-likeness (QED) is 0.190. The van der Waals surface area contributed by atoms with Crippen LogP contribution in [0, 0.1) is 0 Å². The number of thiocarbonyl (C=S) groups is 1. The molecule has 1 aliphatic rings. The second-order valence-electron chi connectivity index (χ2n) is 8.81. The first kappa shape index (κ1) is 27.8. The summed E-state index contributed by atoms with van der Waals surface area (Å²) in [5.74, 6) is 0. The van der Waals surface area contributed by atoms with Crippen LogP contribution >= 0.6 is 12.2 Å². The van der Waals surface area contributed by atoms with E-state index in [0.717, 1.165) is 19.3 Å². The Kier molecular flexibility index (Phi) is 17.0. The monoisotopic (exact) mass is 446 g/mol. The largest absolute Gasteiger partial charge is 0.484 e. The van der Waals surface area contributed by atoms with Gasteiger partial charge >= 0.3 is 0 Å². The van der Waals surface area contributed by atoms with Gasteiger partial charge in [-0.3, -0.25) is 0 Å². The van der Waals surface area contributed by atoms with Gasteiger partial charge in [0.05, 0.1) is 6.61 Å². The van der Waals surface area contributed by atoms with Crippen LogP contribution in [-0.4, -0.2) is 58.0 Å². The summed E-state index contributed by atoms with van der Waals surface area (Å²) in [6.45, 7) is 2.30. The van der Waals surface area contributed by atoms with E-state index in [2.05, 4.69) is 6.92 Å². The summed E-state index contributed by atoms with van der Waals surface area (Å²) in [5.41, 5.74) is 0. The highest BCUT2D eigenvalue weighted by atomic mass is 32.1. The van der Waals surface area contributed by atoms with E-state index in [-0.39, 0.29) is 13.2 Å². The molecule has 0 amide bonds. The molecule has 5 nitrogen and oxygen atoms in total. The van der Waals surface area contributed by atoms with Gasteiger partial charge in [0.2, 0.25) is 0 Å². The van der Waals surface area contributed by atoms with Crippen LogP contribution in [0.15, 0.2) is 0 Å². The average Bonchev–Trinajstić information content (AvgIpc) is 3.07. The van der Waals surface area contributed by atoms with Crippen molar-refractivity contribution in [3.05, 3.63) is 0 Å². The first-order chi connectivity index (χ1) is 14.6. The summed E-state index contributed by atoms with van der Waals surface area (Å²) in [6.07, 6.45) is 16.9. The van der Waals surface area contributed by atoms with E-state index in [9.17, 15) is 15.3 Å². The molecule has 0 saturated carbocycles. The summed E-state index contributed by atoms with van der Waals surface area (Å²) < 4.78 is 10.6. The highest BCUT2D eigenvalue weighted by molar-refractivity contribution is 7.80. The Morgan fingerprint density at radius 2 is 1.33 bits per heavy atom. The van der Waals surface area contributed by atoms with Gasteiger partial charge in [0.25, 0.3) is 0 Å². The van der Waals surface area contributed by atoms with Gasteiger partial charge in [-0.1, -0.05) is 96.8 Å². The molecule has 0 unspecified atom stereocenters. The molecule has 30 heavy (non-hydrogen) atoms. The number of unbranched alkanes of at least 4 members (excludes halogenated alkanes) is 14. The molecular weight excluding hydrogens is 400 g/mol. The zero-order chi connectivity index (χ0) is 22.0. The van der Waals surface area contributed by atoms with Gasteiger partial charge in [0.1, 0.15) is 31.0 Å². The van der Waals surface area contributed by atoms with Crippen molar-refractivity contribution in [3.8, 4) is 0 Å². The van der Waals surface area contributed by atoms with Crippen molar-refractivity contribution in [1.82, 2.24) is 0 Å². The average molecular weight is 447 g/mol. The van der Waals surface area contributed by atoms with Crippen molar-refractivity contribution < 1.29 is 24.8 Å². The molecule has 1 aliphatic heterocycles. The Hall–Kier alpha value is -0.270. The zero-order valence-corrected chi connectivity index (χ0v) is 19.9. The summed E-state index contributed by atoms with van der Waals surface area (Å²) in [5, 5.41) is 29.7. The molecule has 0 aromatic rings. The van der Waals surface area contributed by atoms with E-state index in [1.54, 1.807) is 0 Å². The summed E-state index contributed by atoms with van der Waals surface area (Å²) in [6, 6.07) is 0. The maximum atomic E-state index is 10.0. The van der Waals surface area contributed by atoms with Crippen molar-refractivity contribution in [2.24, 2.45) is 0 Å². The SMILES string of the molecule is CCCCCCCCCCCCCCCCCC(=S)OC[C@H](O)[C@@H]1OC[C@@H](O)[C@@H]1O. The first-order valence-corrected chi connectivity index (χ1v) is 12.8. The van der Waals surface area contributed by atoms with Crippen molar-refractivity contribution in [1.29, 1.82) is 0 Å². The first-order valence-electron chi connectivity index (χ1n) is 12.4. The lowest BCUT2D eigenvalue weighted by atomic mass is 10.0. The minimum Gasteiger partial charge on any atom is -0.484 e. The van der Waals surface area contributed by atoms with Crippen LogP contribution in [0.25, 0.3) is 0 Å². The molecule has 1 heterocycles. The lowest BCUT2D eigenvalue weighted by molar-refractivity contribution is -0.0663. The maximum Gasteiger partial charge on any atom is 0.159 e. The number of aliphatic hydroxyl groups is 3. The van der Waals surface area contributed by atoms with Crippen molar-refractivity contribution >= 4 is 17.3 Å². The zero-order valence-electron chi connectivity index (χ0n) is 19.1. The summed E-state index contributed by atoms with van der Waals surface area (Å²) in [7, 11) is 0. The predicted molar refractivity (Wildman–Crippen MR) is 126 cm³/mol. The molecule has 0 aromatic heterocycles. The van der Waals surface area contributed by atoms with Gasteiger partial charge in [0, 0.05) is 6.42 Å². The number of hydrogen-bond acceptors (Lipinski definition) is 6. The van der Waals surface area contributed by atoms with Crippen LogP contribution in [0.5, 0.6) is 0 Å². The fraction of sp³-hybridized carbons (Fsp3) is 0.958. The van der Waals surface area contributed by atoms with Crippen LogP contribution in [0.4, 0.5) is 0 Å². The molecular formula is C24H46O5S. The van der Waals surface area contributed by atoms with Crippen molar-refractivity contribution in [2.45, 2.75) is 134 Å². The molecule has 1 fully saturated rings. The van der Waals surface area contributed by atoms with Crippen molar-refractivity contribution in [3.63, 3.8) is 0 Å². The van der Waals surface area contributed by atoms with Crippen LogP contribution in [-0.2, 0) is 9.47 Å². The Bertz CT molecular complexity index is 420. The number of hydrogen-bond donors (Lipinski definition) is 3. The third-order valence-electron chi connectivity index (χ3n) is 5.97. The van der Waals surface area contributed by atoms with E-state index in [1.807, 2.05) is 0 Å². The van der Waals surface area contributed by atoms with Gasteiger partial charge in [-0.15, -0.1) is 0 Å². The lowest BCUT2D eigenvalue weighted by Crippen LogP contribution is -2.41. The van der Waals surface area contributed by atoms with Gasteiger partial charge in [0.15, 0.2) is 5.05 Å². The summed E-state index contributed by atoms with van der Waals surface area (Å²) in [4.78, 5) is 0. The van der Waals surface area contributed by atoms with Crippen LogP contribution in [0.3, 0.4) is 0 Å². The van der Waals surface area contributed by atoms with E-state index in [4.69, 9.17) is 21.7 Å². The minimum atomic E-state index is -1.08. The van der Waals surface area contributed by atoms with E-state index >= 15 is 0 Å². The highest BCUT2D eigenvalue weighted by Gasteiger charge is 2.39.